The Balaban J connectivity index is 1.97. The summed E-state index contributed by atoms with van der Waals surface area (Å²) in [6.45, 7) is 5.33. The van der Waals surface area contributed by atoms with Gasteiger partial charge in [-0.2, -0.15) is 0 Å². The minimum absolute atomic E-state index is 0.0722. The molecule has 1 heterocycles. The van der Waals surface area contributed by atoms with Crippen LogP contribution >= 0.6 is 11.3 Å². The predicted molar refractivity (Wildman–Crippen MR) is 87.9 cm³/mol. The van der Waals surface area contributed by atoms with E-state index in [1.807, 2.05) is 0 Å². The number of aromatic nitrogens is 1. The Morgan fingerprint density at radius 3 is 2.74 bits per heavy atom. The van der Waals surface area contributed by atoms with Crippen molar-refractivity contribution in [3.05, 3.63) is 11.1 Å². The summed E-state index contributed by atoms with van der Waals surface area (Å²) in [6.07, 6.45) is 4.24. The van der Waals surface area contributed by atoms with E-state index in [4.69, 9.17) is 9.57 Å². The second-order valence-corrected chi connectivity index (χ2v) is 7.13. The van der Waals surface area contributed by atoms with Gasteiger partial charge in [0, 0.05) is 5.38 Å². The first-order valence-corrected chi connectivity index (χ1v) is 8.40. The maximum Gasteiger partial charge on any atom is 0.413 e. The molecular formula is C15H21N3O4S. The van der Waals surface area contributed by atoms with Gasteiger partial charge >= 0.3 is 6.09 Å². The van der Waals surface area contributed by atoms with Gasteiger partial charge in [0.15, 0.2) is 17.1 Å². The van der Waals surface area contributed by atoms with Gasteiger partial charge in [-0.1, -0.05) is 5.16 Å². The van der Waals surface area contributed by atoms with Crippen LogP contribution in [0.25, 0.3) is 0 Å². The number of oxime groups is 1. The molecule has 1 aromatic rings. The Labute approximate surface area is 139 Å². The topological polar surface area (TPSA) is 89.9 Å². The van der Waals surface area contributed by atoms with Crippen LogP contribution in [0.5, 0.6) is 0 Å². The SMILES string of the molecule is CC(C)(C)OC(=O)Nc1nc(/C(C=O)=N/OC2CCCC2)cs1. The number of nitrogens with one attached hydrogen (secondary N) is 1. The maximum absolute atomic E-state index is 11.7. The number of amides is 1. The van der Waals surface area contributed by atoms with Gasteiger partial charge < -0.3 is 9.57 Å². The van der Waals surface area contributed by atoms with Crippen molar-refractivity contribution in [3.63, 3.8) is 0 Å². The standard InChI is InChI=1S/C15H21N3O4S/c1-15(2,3)21-14(20)17-13-16-12(9-23-13)11(8-19)18-22-10-6-4-5-7-10/h8-10H,4-7H2,1-3H3,(H,16,17,20)/b18-11+. The summed E-state index contributed by atoms with van der Waals surface area (Å²) in [5.74, 6) is 0. The zero-order valence-corrected chi connectivity index (χ0v) is 14.3. The fraction of sp³-hybridized carbons (Fsp3) is 0.600. The van der Waals surface area contributed by atoms with Crippen molar-refractivity contribution >= 4 is 34.6 Å². The van der Waals surface area contributed by atoms with Crippen molar-refractivity contribution < 1.29 is 19.2 Å². The number of aldehydes is 1. The Kier molecular flexibility index (Phi) is 5.70. The molecule has 0 aliphatic heterocycles. The van der Waals surface area contributed by atoms with E-state index in [9.17, 15) is 9.59 Å². The molecule has 0 aromatic carbocycles. The summed E-state index contributed by atoms with van der Waals surface area (Å²) in [7, 11) is 0. The molecule has 1 amide bonds. The Hall–Kier alpha value is -1.96. The van der Waals surface area contributed by atoms with Crippen LogP contribution in [0, 0.1) is 0 Å². The number of nitrogens with zero attached hydrogens (tertiary/aromatic N) is 2. The summed E-state index contributed by atoms with van der Waals surface area (Å²) in [4.78, 5) is 32.4. The fourth-order valence-corrected chi connectivity index (χ4v) is 2.78. The minimum Gasteiger partial charge on any atom is -0.444 e. The van der Waals surface area contributed by atoms with Crippen LogP contribution in [0.3, 0.4) is 0 Å². The zero-order chi connectivity index (χ0) is 16.9. The zero-order valence-electron chi connectivity index (χ0n) is 13.5. The van der Waals surface area contributed by atoms with Crippen LogP contribution < -0.4 is 5.32 Å². The molecule has 0 bridgehead atoms. The third kappa shape index (κ3) is 5.63. The van der Waals surface area contributed by atoms with Crippen molar-refractivity contribution in [2.45, 2.75) is 58.2 Å². The molecule has 1 aromatic heterocycles. The first kappa shape index (κ1) is 17.4. The summed E-state index contributed by atoms with van der Waals surface area (Å²) in [5, 5.41) is 8.40. The number of hydrogen-bond donors (Lipinski definition) is 1. The average molecular weight is 339 g/mol. The Bertz CT molecular complexity index is 586. The molecule has 1 aliphatic carbocycles. The molecule has 1 saturated carbocycles. The second-order valence-electron chi connectivity index (χ2n) is 6.27. The monoisotopic (exact) mass is 339 g/mol. The van der Waals surface area contributed by atoms with Gasteiger partial charge in [-0.25, -0.2) is 9.78 Å². The van der Waals surface area contributed by atoms with Crippen LogP contribution in [-0.4, -0.2) is 34.8 Å². The Morgan fingerprint density at radius 2 is 2.13 bits per heavy atom. The third-order valence-electron chi connectivity index (χ3n) is 3.09. The second kappa shape index (κ2) is 7.54. The van der Waals surface area contributed by atoms with Gasteiger partial charge in [-0.3, -0.25) is 10.1 Å². The molecule has 7 nitrogen and oxygen atoms in total. The Morgan fingerprint density at radius 1 is 1.43 bits per heavy atom. The molecule has 0 atom stereocenters. The maximum atomic E-state index is 11.7. The van der Waals surface area contributed by atoms with E-state index in [0.29, 0.717) is 17.1 Å². The van der Waals surface area contributed by atoms with E-state index in [2.05, 4.69) is 15.5 Å². The predicted octanol–water partition coefficient (Wildman–Crippen LogP) is 3.35. The lowest BCUT2D eigenvalue weighted by molar-refractivity contribution is -0.102. The number of carbonyl (C=O) groups excluding carboxylic acids is 2. The van der Waals surface area contributed by atoms with Crippen molar-refractivity contribution in [2.75, 3.05) is 5.32 Å². The summed E-state index contributed by atoms with van der Waals surface area (Å²) in [5.41, 5.74) is -0.103. The molecule has 1 fully saturated rings. The molecule has 1 aliphatic rings. The summed E-state index contributed by atoms with van der Waals surface area (Å²) < 4.78 is 5.14. The number of hydrogen-bond acceptors (Lipinski definition) is 7. The lowest BCUT2D eigenvalue weighted by Gasteiger charge is -2.18. The van der Waals surface area contributed by atoms with E-state index in [1.165, 1.54) is 11.3 Å². The van der Waals surface area contributed by atoms with Gasteiger partial charge in [-0.15, -0.1) is 11.3 Å². The molecule has 0 spiro atoms. The smallest absolute Gasteiger partial charge is 0.413 e. The largest absolute Gasteiger partial charge is 0.444 e. The van der Waals surface area contributed by atoms with Crippen molar-refractivity contribution in [1.29, 1.82) is 0 Å². The third-order valence-corrected chi connectivity index (χ3v) is 3.85. The van der Waals surface area contributed by atoms with Gasteiger partial charge in [0.1, 0.15) is 17.4 Å². The van der Waals surface area contributed by atoms with E-state index < -0.39 is 11.7 Å². The lowest BCUT2D eigenvalue weighted by Crippen LogP contribution is -2.27. The number of ether oxygens (including phenoxy) is 1. The highest BCUT2D eigenvalue weighted by molar-refractivity contribution is 7.14. The highest BCUT2D eigenvalue weighted by Gasteiger charge is 2.19. The molecule has 23 heavy (non-hydrogen) atoms. The van der Waals surface area contributed by atoms with Crippen molar-refractivity contribution in [2.24, 2.45) is 5.16 Å². The molecule has 0 unspecified atom stereocenters. The highest BCUT2D eigenvalue weighted by Crippen LogP contribution is 2.22. The molecule has 2 rings (SSSR count). The minimum atomic E-state index is -0.592. The van der Waals surface area contributed by atoms with Gasteiger partial charge in [-0.05, 0) is 46.5 Å². The van der Waals surface area contributed by atoms with Crippen LogP contribution in [0.2, 0.25) is 0 Å². The molecule has 8 heteroatoms. The normalized spacial score (nSPS) is 16.2. The number of rotatable bonds is 5. The number of carbonyl (C=O) groups is 2. The van der Waals surface area contributed by atoms with Crippen molar-refractivity contribution in [3.8, 4) is 0 Å². The van der Waals surface area contributed by atoms with Crippen LogP contribution in [0.15, 0.2) is 10.5 Å². The first-order chi connectivity index (χ1) is 10.9. The van der Waals surface area contributed by atoms with E-state index in [0.717, 1.165) is 25.7 Å². The quantitative estimate of drug-likeness (QED) is 0.505. The van der Waals surface area contributed by atoms with Crippen molar-refractivity contribution in [1.82, 2.24) is 4.98 Å². The van der Waals surface area contributed by atoms with Crippen LogP contribution in [0.4, 0.5) is 9.93 Å². The van der Waals surface area contributed by atoms with Crippen LogP contribution in [-0.2, 0) is 14.4 Å². The molecular weight excluding hydrogens is 318 g/mol. The summed E-state index contributed by atoms with van der Waals surface area (Å²) in [6, 6.07) is 0. The molecule has 126 valence electrons. The van der Waals surface area contributed by atoms with Crippen LogP contribution in [0.1, 0.15) is 52.1 Å². The van der Waals surface area contributed by atoms with E-state index >= 15 is 0 Å². The molecule has 1 N–H and O–H groups in total. The molecule has 0 saturated heterocycles. The van der Waals surface area contributed by atoms with Gasteiger partial charge in [0.25, 0.3) is 0 Å². The number of thiazole rings is 1. The van der Waals surface area contributed by atoms with E-state index in [1.54, 1.807) is 26.2 Å². The van der Waals surface area contributed by atoms with Gasteiger partial charge in [0.2, 0.25) is 0 Å². The lowest BCUT2D eigenvalue weighted by atomic mass is 10.2. The molecule has 0 radical (unpaired) electrons. The summed E-state index contributed by atoms with van der Waals surface area (Å²) >= 11 is 1.19. The highest BCUT2D eigenvalue weighted by atomic mass is 32.1. The first-order valence-electron chi connectivity index (χ1n) is 7.52. The van der Waals surface area contributed by atoms with E-state index in [-0.39, 0.29) is 11.8 Å². The number of anilines is 1. The fourth-order valence-electron chi connectivity index (χ4n) is 2.09. The van der Waals surface area contributed by atoms with Gasteiger partial charge in [0.05, 0.1) is 0 Å². The average Bonchev–Trinajstić information content (AvgIpc) is 3.09.